The van der Waals surface area contributed by atoms with Gasteiger partial charge in [0.15, 0.2) is 0 Å². The molecule has 21 heavy (non-hydrogen) atoms. The van der Waals surface area contributed by atoms with Crippen molar-refractivity contribution < 1.29 is 14.3 Å². The van der Waals surface area contributed by atoms with Crippen LogP contribution in [-0.2, 0) is 6.61 Å². The molecule has 0 spiro atoms. The Hall–Kier alpha value is -2.53. The summed E-state index contributed by atoms with van der Waals surface area (Å²) in [6.45, 7) is 2.80. The second-order valence-corrected chi connectivity index (χ2v) is 4.33. The largest absolute Gasteiger partial charge is 0.494 e. The van der Waals surface area contributed by atoms with Crippen LogP contribution < -0.4 is 20.7 Å². The van der Waals surface area contributed by atoms with Crippen molar-refractivity contribution >= 4 is 5.91 Å². The summed E-state index contributed by atoms with van der Waals surface area (Å²) in [6, 6.07) is 14.6. The number of amides is 1. The number of hydrazine groups is 1. The third kappa shape index (κ3) is 3.97. The van der Waals surface area contributed by atoms with E-state index in [-0.39, 0.29) is 12.5 Å². The highest BCUT2D eigenvalue weighted by Crippen LogP contribution is 2.21. The average molecular weight is 286 g/mol. The Labute approximate surface area is 123 Å². The number of rotatable bonds is 6. The molecule has 0 radical (unpaired) electrons. The Balaban J connectivity index is 2.09. The molecule has 0 atom stereocenters. The molecular formula is C16H18N2O3. The van der Waals surface area contributed by atoms with Crippen molar-refractivity contribution in [3.05, 3.63) is 59.7 Å². The Morgan fingerprint density at radius 1 is 1.10 bits per heavy atom. The lowest BCUT2D eigenvalue weighted by atomic mass is 10.1. The number of carbonyl (C=O) groups is 1. The predicted octanol–water partition coefficient (Wildman–Crippen LogP) is 2.27. The van der Waals surface area contributed by atoms with Gasteiger partial charge < -0.3 is 9.47 Å². The molecule has 0 fully saturated rings. The molecule has 0 saturated heterocycles. The first-order chi connectivity index (χ1) is 10.2. The van der Waals surface area contributed by atoms with Crippen LogP contribution in [0.25, 0.3) is 0 Å². The van der Waals surface area contributed by atoms with Crippen molar-refractivity contribution in [1.82, 2.24) is 5.43 Å². The van der Waals surface area contributed by atoms with E-state index in [1.54, 1.807) is 12.1 Å². The lowest BCUT2D eigenvalue weighted by Crippen LogP contribution is -2.30. The van der Waals surface area contributed by atoms with Crippen molar-refractivity contribution in [2.75, 3.05) is 6.61 Å². The maximum absolute atomic E-state index is 11.7. The van der Waals surface area contributed by atoms with Gasteiger partial charge in [-0.3, -0.25) is 10.2 Å². The summed E-state index contributed by atoms with van der Waals surface area (Å²) in [5.41, 5.74) is 3.40. The molecule has 0 bridgehead atoms. The maximum atomic E-state index is 11.7. The lowest BCUT2D eigenvalue weighted by molar-refractivity contribution is 0.0951. The van der Waals surface area contributed by atoms with E-state index in [1.807, 2.05) is 43.3 Å². The van der Waals surface area contributed by atoms with Gasteiger partial charge in [0.05, 0.1) is 6.61 Å². The number of nitrogens with two attached hydrogens (primary N) is 1. The average Bonchev–Trinajstić information content (AvgIpc) is 2.53. The van der Waals surface area contributed by atoms with Crippen LogP contribution in [-0.4, -0.2) is 12.5 Å². The highest BCUT2D eigenvalue weighted by molar-refractivity contribution is 5.95. The zero-order valence-corrected chi connectivity index (χ0v) is 11.8. The summed E-state index contributed by atoms with van der Waals surface area (Å²) in [4.78, 5) is 11.7. The van der Waals surface area contributed by atoms with E-state index >= 15 is 0 Å². The van der Waals surface area contributed by atoms with Gasteiger partial charge in [0.2, 0.25) is 0 Å². The van der Waals surface area contributed by atoms with Crippen LogP contribution in [0.1, 0.15) is 22.8 Å². The van der Waals surface area contributed by atoms with Crippen LogP contribution in [0.15, 0.2) is 48.5 Å². The zero-order chi connectivity index (χ0) is 15.1. The number of hydrogen-bond donors (Lipinski definition) is 2. The normalized spacial score (nSPS) is 10.0. The van der Waals surface area contributed by atoms with Gasteiger partial charge in [0.1, 0.15) is 18.1 Å². The molecule has 3 N–H and O–H groups in total. The minimum absolute atomic E-state index is 0.277. The van der Waals surface area contributed by atoms with Crippen molar-refractivity contribution in [3.8, 4) is 11.5 Å². The van der Waals surface area contributed by atoms with Crippen LogP contribution in [0.4, 0.5) is 0 Å². The van der Waals surface area contributed by atoms with E-state index in [0.29, 0.717) is 17.9 Å². The SMILES string of the molecule is CCOc1cccc(OCc2ccccc2C(=O)NN)c1. The number of nitrogens with one attached hydrogen (secondary N) is 1. The molecular weight excluding hydrogens is 268 g/mol. The van der Waals surface area contributed by atoms with Crippen molar-refractivity contribution in [2.24, 2.45) is 5.84 Å². The molecule has 0 aliphatic carbocycles. The molecule has 2 aromatic rings. The van der Waals surface area contributed by atoms with E-state index in [9.17, 15) is 4.79 Å². The number of benzene rings is 2. The summed E-state index contributed by atoms with van der Waals surface area (Å²) in [5.74, 6) is 6.28. The standard InChI is InChI=1S/C16H18N2O3/c1-2-20-13-7-5-8-14(10-13)21-11-12-6-3-4-9-15(12)16(19)18-17/h3-10H,2,11,17H2,1H3,(H,18,19). The van der Waals surface area contributed by atoms with E-state index in [2.05, 4.69) is 5.43 Å². The molecule has 0 aromatic heterocycles. The zero-order valence-electron chi connectivity index (χ0n) is 11.8. The van der Waals surface area contributed by atoms with Gasteiger partial charge in [-0.1, -0.05) is 24.3 Å². The van der Waals surface area contributed by atoms with Crippen molar-refractivity contribution in [1.29, 1.82) is 0 Å². The first-order valence-electron chi connectivity index (χ1n) is 6.69. The molecule has 110 valence electrons. The topological polar surface area (TPSA) is 73.6 Å². The van der Waals surface area contributed by atoms with E-state index in [4.69, 9.17) is 15.3 Å². The second kappa shape index (κ2) is 7.31. The summed E-state index contributed by atoms with van der Waals surface area (Å²) in [7, 11) is 0. The quantitative estimate of drug-likeness (QED) is 0.485. The summed E-state index contributed by atoms with van der Waals surface area (Å²) < 4.78 is 11.1. The number of carbonyl (C=O) groups excluding carboxylic acids is 1. The van der Waals surface area contributed by atoms with Gasteiger partial charge in [-0.05, 0) is 25.1 Å². The van der Waals surface area contributed by atoms with Gasteiger partial charge >= 0.3 is 0 Å². The summed E-state index contributed by atoms with van der Waals surface area (Å²) >= 11 is 0. The van der Waals surface area contributed by atoms with Crippen LogP contribution >= 0.6 is 0 Å². The van der Waals surface area contributed by atoms with Crippen LogP contribution in [0.3, 0.4) is 0 Å². The molecule has 0 aliphatic rings. The van der Waals surface area contributed by atoms with E-state index in [1.165, 1.54) is 0 Å². The Kier molecular flexibility index (Phi) is 5.17. The van der Waals surface area contributed by atoms with Crippen LogP contribution in [0.2, 0.25) is 0 Å². The number of nitrogen functional groups attached to an aromatic ring is 1. The summed E-state index contributed by atoms with van der Waals surface area (Å²) in [5, 5.41) is 0. The number of ether oxygens (including phenoxy) is 2. The van der Waals surface area contributed by atoms with E-state index < -0.39 is 0 Å². The molecule has 5 heteroatoms. The molecule has 1 amide bonds. The van der Waals surface area contributed by atoms with Gasteiger partial charge in [0.25, 0.3) is 5.91 Å². The first-order valence-corrected chi connectivity index (χ1v) is 6.69. The minimum Gasteiger partial charge on any atom is -0.494 e. The van der Waals surface area contributed by atoms with Gasteiger partial charge in [-0.15, -0.1) is 0 Å². The molecule has 2 rings (SSSR count). The minimum atomic E-state index is -0.336. The molecule has 2 aromatic carbocycles. The third-order valence-corrected chi connectivity index (χ3v) is 2.90. The highest BCUT2D eigenvalue weighted by atomic mass is 16.5. The van der Waals surface area contributed by atoms with Crippen LogP contribution in [0, 0.1) is 0 Å². The maximum Gasteiger partial charge on any atom is 0.265 e. The van der Waals surface area contributed by atoms with Gasteiger partial charge in [-0.25, -0.2) is 5.84 Å². The Morgan fingerprint density at radius 2 is 1.81 bits per heavy atom. The molecule has 0 aliphatic heterocycles. The molecule has 0 unspecified atom stereocenters. The fraction of sp³-hybridized carbons (Fsp3) is 0.188. The Bertz CT molecular complexity index is 614. The number of hydrogen-bond acceptors (Lipinski definition) is 4. The molecule has 0 heterocycles. The van der Waals surface area contributed by atoms with Crippen molar-refractivity contribution in [3.63, 3.8) is 0 Å². The lowest BCUT2D eigenvalue weighted by Gasteiger charge is -2.11. The first kappa shape index (κ1) is 14.9. The summed E-state index contributed by atoms with van der Waals surface area (Å²) in [6.07, 6.45) is 0. The monoisotopic (exact) mass is 286 g/mol. The second-order valence-electron chi connectivity index (χ2n) is 4.33. The predicted molar refractivity (Wildman–Crippen MR) is 80.0 cm³/mol. The van der Waals surface area contributed by atoms with Gasteiger partial charge in [-0.2, -0.15) is 0 Å². The van der Waals surface area contributed by atoms with Gasteiger partial charge in [0, 0.05) is 17.2 Å². The highest BCUT2D eigenvalue weighted by Gasteiger charge is 2.09. The molecule has 5 nitrogen and oxygen atoms in total. The smallest absolute Gasteiger partial charge is 0.265 e. The fourth-order valence-electron chi connectivity index (χ4n) is 1.93. The third-order valence-electron chi connectivity index (χ3n) is 2.90. The molecule has 0 saturated carbocycles. The van der Waals surface area contributed by atoms with E-state index in [0.717, 1.165) is 11.3 Å². The fourth-order valence-corrected chi connectivity index (χ4v) is 1.93. The van der Waals surface area contributed by atoms with Crippen molar-refractivity contribution in [2.45, 2.75) is 13.5 Å². The Morgan fingerprint density at radius 3 is 2.52 bits per heavy atom. The van der Waals surface area contributed by atoms with Crippen LogP contribution in [0.5, 0.6) is 11.5 Å².